The SMILES string of the molecule is O=c1nc(-c2ccccc2)nc2ccc(-n3c4ccccc4c4cc(-c5ccc6c(c5)c5ccccc5n6-c5ccccc5)ccc43)cn12.O=c1nc(-c2ccccc2)nc2ccc(Br)cn12.c1ccc(-n2c3ccccc3c3cc(-c4ccc5[nH]c6ccccc6c5c4)ccc32)cc1. The van der Waals surface area contributed by atoms with Crippen molar-refractivity contribution in [1.29, 1.82) is 0 Å². The Labute approximate surface area is 573 Å². The first-order valence-electron chi connectivity index (χ1n) is 32.6. The van der Waals surface area contributed by atoms with Crippen molar-refractivity contribution in [2.75, 3.05) is 0 Å². The first-order chi connectivity index (χ1) is 48.8. The molecule has 99 heavy (non-hydrogen) atoms. The third-order valence-electron chi connectivity index (χ3n) is 18.6. The second-order valence-corrected chi connectivity index (χ2v) is 25.4. The largest absolute Gasteiger partial charge is 0.355 e. The van der Waals surface area contributed by atoms with Crippen LogP contribution >= 0.6 is 15.9 Å². The van der Waals surface area contributed by atoms with Gasteiger partial charge in [0.05, 0.1) is 38.8 Å². The van der Waals surface area contributed by atoms with Crippen molar-refractivity contribution >= 4 is 114 Å². The lowest BCUT2D eigenvalue weighted by atomic mass is 10.0. The summed E-state index contributed by atoms with van der Waals surface area (Å²) in [5, 5.41) is 9.83. The first kappa shape index (κ1) is 58.5. The molecule has 0 aliphatic rings. The molecule has 0 saturated heterocycles. The zero-order valence-corrected chi connectivity index (χ0v) is 54.5. The highest BCUT2D eigenvalue weighted by atomic mass is 79.9. The number of H-pyrrole nitrogens is 1. The molecule has 0 aliphatic heterocycles. The van der Waals surface area contributed by atoms with Gasteiger partial charge in [-0.3, -0.25) is 4.40 Å². The molecular weight excluding hydrogens is 1280 g/mol. The molecule has 20 aromatic rings. The molecule has 20 rings (SSSR count). The molecule has 12 nitrogen and oxygen atoms in total. The van der Waals surface area contributed by atoms with Crippen LogP contribution in [0, 0.1) is 0 Å². The molecule has 0 fully saturated rings. The lowest BCUT2D eigenvalue weighted by Crippen LogP contribution is -2.19. The number of rotatable bonds is 7. The predicted octanol–water partition coefficient (Wildman–Crippen LogP) is 20.2. The molecular formula is C86H55BrN10O2. The summed E-state index contributed by atoms with van der Waals surface area (Å²) in [6.07, 6.45) is 3.50. The van der Waals surface area contributed by atoms with Gasteiger partial charge in [0.2, 0.25) is 0 Å². The Morgan fingerprint density at radius 3 is 1.09 bits per heavy atom. The molecule has 13 heteroatoms. The van der Waals surface area contributed by atoms with Gasteiger partial charge in [0, 0.05) is 93.5 Å². The zero-order chi connectivity index (χ0) is 66.1. The Morgan fingerprint density at radius 2 is 0.616 bits per heavy atom. The minimum absolute atomic E-state index is 0.333. The molecule has 468 valence electrons. The van der Waals surface area contributed by atoms with E-state index in [0.29, 0.717) is 22.9 Å². The maximum Gasteiger partial charge on any atom is 0.355 e. The van der Waals surface area contributed by atoms with E-state index in [1.165, 1.54) is 91.0 Å². The van der Waals surface area contributed by atoms with Crippen molar-refractivity contribution in [3.63, 3.8) is 0 Å². The summed E-state index contributed by atoms with van der Waals surface area (Å²) in [5.41, 5.74) is 19.4. The van der Waals surface area contributed by atoms with Crippen molar-refractivity contribution in [3.05, 3.63) is 353 Å². The highest BCUT2D eigenvalue weighted by molar-refractivity contribution is 9.10. The van der Waals surface area contributed by atoms with Gasteiger partial charge in [-0.25, -0.2) is 24.0 Å². The fourth-order valence-electron chi connectivity index (χ4n) is 14.0. The van der Waals surface area contributed by atoms with Gasteiger partial charge in [-0.1, -0.05) is 194 Å². The smallest absolute Gasteiger partial charge is 0.355 e. The zero-order valence-electron chi connectivity index (χ0n) is 52.9. The number of fused-ring (bicyclic) bond motifs is 14. The van der Waals surface area contributed by atoms with Gasteiger partial charge in [0.1, 0.15) is 11.3 Å². The highest BCUT2D eigenvalue weighted by Crippen LogP contribution is 2.40. The quantitative estimate of drug-likeness (QED) is 0.169. The summed E-state index contributed by atoms with van der Waals surface area (Å²) in [6.45, 7) is 0. The second-order valence-electron chi connectivity index (χ2n) is 24.4. The van der Waals surface area contributed by atoms with Crippen LogP contribution in [0.15, 0.2) is 342 Å². The van der Waals surface area contributed by atoms with Crippen molar-refractivity contribution in [2.45, 2.75) is 0 Å². The Kier molecular flexibility index (Phi) is 14.3. The van der Waals surface area contributed by atoms with Gasteiger partial charge in [-0.05, 0) is 160 Å². The Balaban J connectivity index is 0.000000121. The molecule has 0 bridgehead atoms. The summed E-state index contributed by atoms with van der Waals surface area (Å²) < 4.78 is 10.7. The molecule has 12 aromatic carbocycles. The third-order valence-corrected chi connectivity index (χ3v) is 19.1. The van der Waals surface area contributed by atoms with Gasteiger partial charge in [-0.2, -0.15) is 9.97 Å². The van der Waals surface area contributed by atoms with Crippen LogP contribution in [0.5, 0.6) is 0 Å². The molecule has 1 N–H and O–H groups in total. The summed E-state index contributed by atoms with van der Waals surface area (Å²) in [7, 11) is 0. The number of nitrogens with one attached hydrogen (secondary N) is 1. The molecule has 0 radical (unpaired) electrons. The van der Waals surface area contributed by atoms with E-state index in [2.05, 4.69) is 280 Å². The van der Waals surface area contributed by atoms with Crippen molar-refractivity contribution < 1.29 is 0 Å². The molecule has 0 aliphatic carbocycles. The van der Waals surface area contributed by atoms with Crippen LogP contribution in [-0.4, -0.2) is 47.4 Å². The molecule has 0 spiro atoms. The Morgan fingerprint density at radius 1 is 0.263 bits per heavy atom. The van der Waals surface area contributed by atoms with E-state index in [1.54, 1.807) is 12.3 Å². The number of aromatic nitrogens is 10. The van der Waals surface area contributed by atoms with Gasteiger partial charge in [-0.15, -0.1) is 0 Å². The number of hydrogen-bond donors (Lipinski definition) is 1. The maximum absolute atomic E-state index is 13.3. The predicted molar refractivity (Wildman–Crippen MR) is 407 cm³/mol. The highest BCUT2D eigenvalue weighted by Gasteiger charge is 2.19. The monoisotopic (exact) mass is 1340 g/mol. The Bertz CT molecular complexity index is 6680. The van der Waals surface area contributed by atoms with E-state index in [-0.39, 0.29) is 11.4 Å². The lowest BCUT2D eigenvalue weighted by Gasteiger charge is -2.11. The summed E-state index contributed by atoms with van der Waals surface area (Å²) in [5.74, 6) is 0.869. The van der Waals surface area contributed by atoms with Gasteiger partial charge >= 0.3 is 11.4 Å². The fourth-order valence-corrected chi connectivity index (χ4v) is 14.4. The van der Waals surface area contributed by atoms with Gasteiger partial charge < -0.3 is 18.7 Å². The number of halogens is 1. The number of benzene rings is 12. The number of nitrogens with zero attached hydrogens (tertiary/aromatic N) is 9. The van der Waals surface area contributed by atoms with Crippen LogP contribution in [0.1, 0.15) is 0 Å². The summed E-state index contributed by atoms with van der Waals surface area (Å²) >= 11 is 3.31. The minimum Gasteiger partial charge on any atom is -0.355 e. The Hall–Kier alpha value is -13.1. The number of aromatic amines is 1. The van der Waals surface area contributed by atoms with Crippen LogP contribution in [0.4, 0.5) is 0 Å². The summed E-state index contributed by atoms with van der Waals surface area (Å²) in [4.78, 5) is 46.1. The first-order valence-corrected chi connectivity index (χ1v) is 33.4. The number of hydrogen-bond acceptors (Lipinski definition) is 6. The maximum atomic E-state index is 13.3. The van der Waals surface area contributed by atoms with Crippen molar-refractivity contribution in [1.82, 2.24) is 47.4 Å². The van der Waals surface area contributed by atoms with Crippen LogP contribution in [0.2, 0.25) is 0 Å². The van der Waals surface area contributed by atoms with Gasteiger partial charge in [0.15, 0.2) is 11.6 Å². The summed E-state index contributed by atoms with van der Waals surface area (Å²) in [6, 6.07) is 109. The number of para-hydroxylation sites is 6. The molecule has 0 saturated carbocycles. The van der Waals surface area contributed by atoms with E-state index in [1.807, 2.05) is 85.1 Å². The van der Waals surface area contributed by atoms with Crippen LogP contribution < -0.4 is 11.4 Å². The molecule has 0 atom stereocenters. The second kappa shape index (κ2) is 24.3. The molecule has 0 amide bonds. The average molecular weight is 1340 g/mol. The van der Waals surface area contributed by atoms with Gasteiger partial charge in [0.25, 0.3) is 0 Å². The fraction of sp³-hybridized carbons (Fsp3) is 0. The van der Waals surface area contributed by atoms with Crippen LogP contribution in [0.25, 0.3) is 161 Å². The van der Waals surface area contributed by atoms with Crippen LogP contribution in [0.3, 0.4) is 0 Å². The van der Waals surface area contributed by atoms with Crippen molar-refractivity contribution in [2.24, 2.45) is 0 Å². The standard InChI is InChI=1S/C43H27N5O.C30H20N2.C13H8BrN3O/c49-43-45-42(28-11-3-1-4-12-28)44-41-24-21-32(27-46(41)43)48-38-18-10-8-16-34(38)36-26-30(20-23-40(36)48)29-19-22-39-35(25-29)33-15-7-9-17-37(33)47(39)31-13-5-2-6-14-31;1-2-8-22(9-3-1)32-29-13-7-5-11-24(29)26-19-21(15-17-30(26)32)20-14-16-28-25(18-20)23-10-4-6-12-27(23)31-28;14-10-6-7-11-15-12(9-4-2-1-3-5-9)16-13(18)17(11)8-10/h1-27H;1-19,31H;1-8H. The lowest BCUT2D eigenvalue weighted by molar-refractivity contribution is 0.937. The average Bonchev–Trinajstić information content (AvgIpc) is 1.61. The van der Waals surface area contributed by atoms with E-state index < -0.39 is 0 Å². The topological polar surface area (TPSA) is 125 Å². The third kappa shape index (κ3) is 10.4. The van der Waals surface area contributed by atoms with E-state index >= 15 is 0 Å². The molecule has 8 aromatic heterocycles. The van der Waals surface area contributed by atoms with Crippen molar-refractivity contribution in [3.8, 4) is 62.1 Å². The van der Waals surface area contributed by atoms with E-state index in [9.17, 15) is 9.59 Å². The van der Waals surface area contributed by atoms with Crippen LogP contribution in [-0.2, 0) is 0 Å². The normalized spacial score (nSPS) is 11.6. The van der Waals surface area contributed by atoms with E-state index in [0.717, 1.165) is 59.9 Å². The molecule has 0 unspecified atom stereocenters. The number of pyridine rings is 2. The van der Waals surface area contributed by atoms with E-state index in [4.69, 9.17) is 4.98 Å². The molecule has 8 heterocycles. The minimum atomic E-state index is -0.363.